The Kier molecular flexibility index (Phi) is 9.34. The zero-order valence-electron chi connectivity index (χ0n) is 20.6. The Morgan fingerprint density at radius 3 is 1.44 bits per heavy atom. The van der Waals surface area contributed by atoms with Gasteiger partial charge in [0, 0.05) is 12.1 Å². The maximum Gasteiger partial charge on any atom is 0.161 e. The van der Waals surface area contributed by atoms with Gasteiger partial charge in [-0.3, -0.25) is 0 Å². The van der Waals surface area contributed by atoms with E-state index in [-0.39, 0.29) is 24.3 Å². The van der Waals surface area contributed by atoms with Crippen LogP contribution in [0.2, 0.25) is 0 Å². The van der Waals surface area contributed by atoms with Gasteiger partial charge < -0.3 is 29.6 Å². The van der Waals surface area contributed by atoms with Crippen LogP contribution in [0.25, 0.3) is 0 Å². The molecule has 4 rings (SSSR count). The van der Waals surface area contributed by atoms with Crippen LogP contribution in [0, 0.1) is 0 Å². The second kappa shape index (κ2) is 12.9. The number of rotatable bonds is 13. The van der Waals surface area contributed by atoms with Crippen LogP contribution in [0.1, 0.15) is 52.4 Å². The normalized spacial score (nSPS) is 20.5. The van der Waals surface area contributed by atoms with Crippen LogP contribution in [-0.2, 0) is 0 Å². The van der Waals surface area contributed by atoms with Gasteiger partial charge in [0.15, 0.2) is 23.0 Å². The number of fused-ring (bicyclic) bond motifs is 2. The second-order valence-electron chi connectivity index (χ2n) is 9.44. The van der Waals surface area contributed by atoms with Crippen LogP contribution in [0.4, 0.5) is 0 Å². The molecule has 2 aliphatic rings. The molecule has 6 nitrogen and oxygen atoms in total. The Morgan fingerprint density at radius 2 is 1.00 bits per heavy atom. The first-order valence-electron chi connectivity index (χ1n) is 12.9. The highest BCUT2D eigenvalue weighted by Gasteiger charge is 2.26. The quantitative estimate of drug-likeness (QED) is 0.405. The number of para-hydroxylation sites is 4. The molecule has 2 aromatic carbocycles. The smallest absolute Gasteiger partial charge is 0.161 e. The van der Waals surface area contributed by atoms with E-state index in [4.69, 9.17) is 18.9 Å². The van der Waals surface area contributed by atoms with E-state index in [0.717, 1.165) is 36.1 Å². The summed E-state index contributed by atoms with van der Waals surface area (Å²) in [5.41, 5.74) is 0. The van der Waals surface area contributed by atoms with Gasteiger partial charge in [0.25, 0.3) is 0 Å². The SMILES string of the molecule is CC(NCCCCCCCCNC(C)C1COc2ccccc2O1)C1COc2ccccc2O1. The molecule has 2 heterocycles. The van der Waals surface area contributed by atoms with Crippen molar-refractivity contribution in [3.63, 3.8) is 0 Å². The summed E-state index contributed by atoms with van der Waals surface area (Å²) in [5, 5.41) is 7.21. The molecule has 0 fully saturated rings. The van der Waals surface area contributed by atoms with Crippen molar-refractivity contribution < 1.29 is 18.9 Å². The second-order valence-corrected chi connectivity index (χ2v) is 9.44. The molecule has 6 heteroatoms. The third-order valence-electron chi connectivity index (χ3n) is 6.71. The molecule has 2 aliphatic heterocycles. The molecule has 4 unspecified atom stereocenters. The van der Waals surface area contributed by atoms with Crippen LogP contribution < -0.4 is 29.6 Å². The minimum absolute atomic E-state index is 0.0603. The largest absolute Gasteiger partial charge is 0.486 e. The molecule has 2 aromatic rings. The highest BCUT2D eigenvalue weighted by Crippen LogP contribution is 2.32. The van der Waals surface area contributed by atoms with Gasteiger partial charge in [-0.15, -0.1) is 0 Å². The van der Waals surface area contributed by atoms with Crippen molar-refractivity contribution in [3.8, 4) is 23.0 Å². The minimum Gasteiger partial charge on any atom is -0.486 e. The molecule has 0 spiro atoms. The standard InChI is InChI=1S/C28H40N2O4/c1-21(27-19-31-23-13-7-9-15-25(23)33-27)29-17-11-5-3-4-6-12-18-30-22(2)28-20-32-24-14-8-10-16-26(24)34-28/h7-10,13-16,21-22,27-30H,3-6,11-12,17-20H2,1-2H3. The van der Waals surface area contributed by atoms with Gasteiger partial charge >= 0.3 is 0 Å². The zero-order chi connectivity index (χ0) is 23.6. The fourth-order valence-corrected chi connectivity index (χ4v) is 4.44. The number of hydrogen-bond acceptors (Lipinski definition) is 6. The summed E-state index contributed by atoms with van der Waals surface area (Å²) in [7, 11) is 0. The molecule has 0 bridgehead atoms. The van der Waals surface area contributed by atoms with Crippen molar-refractivity contribution in [1.29, 1.82) is 0 Å². The molecule has 34 heavy (non-hydrogen) atoms. The van der Waals surface area contributed by atoms with E-state index >= 15 is 0 Å². The van der Waals surface area contributed by atoms with E-state index in [9.17, 15) is 0 Å². The van der Waals surface area contributed by atoms with E-state index < -0.39 is 0 Å². The van der Waals surface area contributed by atoms with E-state index in [0.29, 0.717) is 13.2 Å². The molecule has 0 saturated carbocycles. The Bertz CT molecular complexity index is 805. The third-order valence-corrected chi connectivity index (χ3v) is 6.71. The lowest BCUT2D eigenvalue weighted by atomic mass is 10.1. The molecule has 0 aromatic heterocycles. The predicted octanol–water partition coefficient (Wildman–Crippen LogP) is 4.96. The van der Waals surface area contributed by atoms with Crippen molar-refractivity contribution in [2.24, 2.45) is 0 Å². The van der Waals surface area contributed by atoms with Crippen molar-refractivity contribution >= 4 is 0 Å². The van der Waals surface area contributed by atoms with Gasteiger partial charge in [-0.05, 0) is 64.0 Å². The highest BCUT2D eigenvalue weighted by atomic mass is 16.6. The Labute approximate surface area is 204 Å². The van der Waals surface area contributed by atoms with E-state index in [1.165, 1.54) is 38.5 Å². The molecule has 0 saturated heterocycles. The summed E-state index contributed by atoms with van der Waals surface area (Å²) >= 11 is 0. The van der Waals surface area contributed by atoms with E-state index in [1.54, 1.807) is 0 Å². The number of nitrogens with one attached hydrogen (secondary N) is 2. The van der Waals surface area contributed by atoms with Gasteiger partial charge in [0.1, 0.15) is 25.4 Å². The molecular weight excluding hydrogens is 428 g/mol. The summed E-state index contributed by atoms with van der Waals surface area (Å²) in [5.74, 6) is 3.39. The minimum atomic E-state index is 0.0603. The number of hydrogen-bond donors (Lipinski definition) is 2. The molecular formula is C28H40N2O4. The van der Waals surface area contributed by atoms with Crippen molar-refractivity contribution in [2.45, 2.75) is 76.7 Å². The number of benzene rings is 2. The average molecular weight is 469 g/mol. The third kappa shape index (κ3) is 7.03. The van der Waals surface area contributed by atoms with Crippen LogP contribution >= 0.6 is 0 Å². The summed E-state index contributed by atoms with van der Waals surface area (Å²) in [4.78, 5) is 0. The summed E-state index contributed by atoms with van der Waals surface area (Å²) in [6.07, 6.45) is 7.63. The topological polar surface area (TPSA) is 61.0 Å². The van der Waals surface area contributed by atoms with Crippen molar-refractivity contribution in [2.75, 3.05) is 26.3 Å². The molecule has 186 valence electrons. The first kappa shape index (κ1) is 24.7. The summed E-state index contributed by atoms with van der Waals surface area (Å²) in [6.45, 7) is 7.61. The molecule has 2 N–H and O–H groups in total. The van der Waals surface area contributed by atoms with E-state index in [1.807, 2.05) is 48.5 Å². The molecule has 0 radical (unpaired) electrons. The van der Waals surface area contributed by atoms with Gasteiger partial charge in [-0.2, -0.15) is 0 Å². The highest BCUT2D eigenvalue weighted by molar-refractivity contribution is 5.41. The van der Waals surface area contributed by atoms with Gasteiger partial charge in [-0.1, -0.05) is 49.9 Å². The van der Waals surface area contributed by atoms with Crippen molar-refractivity contribution in [1.82, 2.24) is 10.6 Å². The monoisotopic (exact) mass is 468 g/mol. The van der Waals surface area contributed by atoms with Crippen molar-refractivity contribution in [3.05, 3.63) is 48.5 Å². The van der Waals surface area contributed by atoms with Gasteiger partial charge in [0.2, 0.25) is 0 Å². The maximum atomic E-state index is 6.09. The van der Waals surface area contributed by atoms with Gasteiger partial charge in [-0.25, -0.2) is 0 Å². The lowest BCUT2D eigenvalue weighted by molar-refractivity contribution is 0.0666. The lowest BCUT2D eigenvalue weighted by Gasteiger charge is -2.31. The number of ether oxygens (including phenoxy) is 4. The fraction of sp³-hybridized carbons (Fsp3) is 0.571. The predicted molar refractivity (Wildman–Crippen MR) is 135 cm³/mol. The number of unbranched alkanes of at least 4 members (excludes halogenated alkanes) is 5. The van der Waals surface area contributed by atoms with Crippen LogP contribution in [-0.4, -0.2) is 50.6 Å². The van der Waals surface area contributed by atoms with Crippen LogP contribution in [0.3, 0.4) is 0 Å². The first-order valence-corrected chi connectivity index (χ1v) is 12.9. The average Bonchev–Trinajstić information content (AvgIpc) is 2.88. The Hall–Kier alpha value is -2.44. The Balaban J connectivity index is 0.982. The van der Waals surface area contributed by atoms with Gasteiger partial charge in [0.05, 0.1) is 0 Å². The molecule has 0 aliphatic carbocycles. The first-order chi connectivity index (χ1) is 16.7. The van der Waals surface area contributed by atoms with Crippen LogP contribution in [0.15, 0.2) is 48.5 Å². The summed E-state index contributed by atoms with van der Waals surface area (Å²) in [6, 6.07) is 16.3. The maximum absolute atomic E-state index is 6.09. The summed E-state index contributed by atoms with van der Waals surface area (Å²) < 4.78 is 23.8. The lowest BCUT2D eigenvalue weighted by Crippen LogP contribution is -2.46. The zero-order valence-corrected chi connectivity index (χ0v) is 20.6. The van der Waals surface area contributed by atoms with E-state index in [2.05, 4.69) is 24.5 Å². The Morgan fingerprint density at radius 1 is 0.618 bits per heavy atom. The molecule has 4 atom stereocenters. The fourth-order valence-electron chi connectivity index (χ4n) is 4.44. The molecule has 0 amide bonds. The van der Waals surface area contributed by atoms with Crippen LogP contribution in [0.5, 0.6) is 23.0 Å².